The Bertz CT molecular complexity index is 1590. The number of carbonyl (C=O) groups excluding carboxylic acids is 1. The molecule has 0 unspecified atom stereocenters. The lowest BCUT2D eigenvalue weighted by Crippen LogP contribution is -2.42. The highest BCUT2D eigenvalue weighted by molar-refractivity contribution is 5.83. The maximum absolute atomic E-state index is 13.3. The van der Waals surface area contributed by atoms with E-state index in [4.69, 9.17) is 4.98 Å². The minimum atomic E-state index is -1.30. The Kier molecular flexibility index (Phi) is 6.00. The monoisotopic (exact) mass is 505 g/mol. The summed E-state index contributed by atoms with van der Waals surface area (Å²) >= 11 is 0. The molecule has 3 aromatic carbocycles. The van der Waals surface area contributed by atoms with Crippen molar-refractivity contribution in [3.8, 4) is 11.1 Å². The molecule has 6 nitrogen and oxygen atoms in total. The highest BCUT2D eigenvalue weighted by atomic mass is 16.3. The van der Waals surface area contributed by atoms with Crippen molar-refractivity contribution in [2.45, 2.75) is 51.2 Å². The summed E-state index contributed by atoms with van der Waals surface area (Å²) in [5, 5.41) is 11.0. The molecule has 4 aromatic rings. The average molecular weight is 506 g/mol. The second-order valence-electron chi connectivity index (χ2n) is 10.6. The number of carbonyl (C=O) groups is 1. The van der Waals surface area contributed by atoms with Crippen LogP contribution in [0.15, 0.2) is 77.6 Å². The van der Waals surface area contributed by atoms with Gasteiger partial charge < -0.3 is 15.0 Å². The van der Waals surface area contributed by atoms with Crippen molar-refractivity contribution in [1.29, 1.82) is 0 Å². The molecular weight excluding hydrogens is 474 g/mol. The first-order valence-electron chi connectivity index (χ1n) is 13.2. The van der Waals surface area contributed by atoms with Gasteiger partial charge >= 0.3 is 0 Å². The minimum absolute atomic E-state index is 0.142. The van der Waals surface area contributed by atoms with Gasteiger partial charge in [-0.25, -0.2) is 4.98 Å². The van der Waals surface area contributed by atoms with Crippen molar-refractivity contribution < 1.29 is 9.90 Å². The number of hydrogen-bond donors (Lipinski definition) is 2. The van der Waals surface area contributed by atoms with Gasteiger partial charge in [0.15, 0.2) is 6.10 Å². The van der Waals surface area contributed by atoms with Gasteiger partial charge in [0.2, 0.25) is 0 Å². The molecule has 0 radical (unpaired) electrons. The number of rotatable bonds is 5. The van der Waals surface area contributed by atoms with Gasteiger partial charge in [-0.1, -0.05) is 66.7 Å². The lowest BCUT2D eigenvalue weighted by atomic mass is 9.94. The van der Waals surface area contributed by atoms with Gasteiger partial charge in [0.25, 0.3) is 11.5 Å². The van der Waals surface area contributed by atoms with Crippen molar-refractivity contribution in [3.63, 3.8) is 0 Å². The zero-order valence-electron chi connectivity index (χ0n) is 21.7. The zero-order valence-corrected chi connectivity index (χ0v) is 21.7. The molecule has 1 saturated carbocycles. The van der Waals surface area contributed by atoms with E-state index in [1.165, 1.54) is 16.7 Å². The third kappa shape index (κ3) is 4.25. The van der Waals surface area contributed by atoms with Gasteiger partial charge in [-0.15, -0.1) is 0 Å². The summed E-state index contributed by atoms with van der Waals surface area (Å²) in [5.74, 6) is 0.315. The molecule has 1 amide bonds. The summed E-state index contributed by atoms with van der Waals surface area (Å²) in [5.41, 5.74) is 6.94. The second kappa shape index (κ2) is 9.37. The van der Waals surface area contributed by atoms with Crippen molar-refractivity contribution in [2.24, 2.45) is 0 Å². The number of nitrogens with zero attached hydrogens (tertiary/aromatic N) is 2. The summed E-state index contributed by atoms with van der Waals surface area (Å²) in [6.07, 6.45) is 1.09. The molecule has 2 N–H and O–H groups in total. The number of fused-ring (bicyclic) bond motifs is 1. The van der Waals surface area contributed by atoms with E-state index in [-0.39, 0.29) is 17.5 Å². The fourth-order valence-corrected chi connectivity index (χ4v) is 5.51. The van der Waals surface area contributed by atoms with Gasteiger partial charge in [-0.2, -0.15) is 0 Å². The van der Waals surface area contributed by atoms with E-state index >= 15 is 0 Å². The Morgan fingerprint density at radius 1 is 0.974 bits per heavy atom. The van der Waals surface area contributed by atoms with Crippen molar-refractivity contribution in [3.05, 3.63) is 122 Å². The number of aromatic amines is 1. The number of aromatic nitrogens is 2. The number of aliphatic hydroxyl groups is 1. The van der Waals surface area contributed by atoms with E-state index in [2.05, 4.69) is 43.1 Å². The topological polar surface area (TPSA) is 86.3 Å². The van der Waals surface area contributed by atoms with Crippen LogP contribution in [0.5, 0.6) is 0 Å². The van der Waals surface area contributed by atoms with Crippen molar-refractivity contribution in [1.82, 2.24) is 14.9 Å². The molecule has 6 heteroatoms. The van der Waals surface area contributed by atoms with Crippen LogP contribution >= 0.6 is 0 Å². The quantitative estimate of drug-likeness (QED) is 0.410. The van der Waals surface area contributed by atoms with Gasteiger partial charge in [0.1, 0.15) is 5.82 Å². The predicted molar refractivity (Wildman–Crippen MR) is 147 cm³/mol. The number of aliphatic hydroxyl groups excluding tert-OH is 1. The highest BCUT2D eigenvalue weighted by Gasteiger charge is 2.48. The van der Waals surface area contributed by atoms with Crippen LogP contribution in [-0.4, -0.2) is 32.4 Å². The Morgan fingerprint density at radius 2 is 1.74 bits per heavy atom. The minimum Gasteiger partial charge on any atom is -0.378 e. The number of aryl methyl sites for hydroxylation is 2. The SMILES string of the molecule is Cc1ccc(-c2cccc([C@@H](O)C(=O)N3CCc4nc(C5(c6ccccc6)CC5)[nH]c(=O)c4C3)c2)cc1C. The Hall–Kier alpha value is -4.03. The molecule has 6 rings (SSSR count). The number of amides is 1. The molecule has 2 heterocycles. The van der Waals surface area contributed by atoms with E-state index < -0.39 is 12.0 Å². The van der Waals surface area contributed by atoms with Crippen LogP contribution in [0.25, 0.3) is 11.1 Å². The summed E-state index contributed by atoms with van der Waals surface area (Å²) in [6.45, 7) is 4.70. The van der Waals surface area contributed by atoms with E-state index in [1.54, 1.807) is 11.0 Å². The normalized spacial score (nSPS) is 16.6. The molecule has 1 aliphatic heterocycles. The third-order valence-electron chi connectivity index (χ3n) is 8.19. The van der Waals surface area contributed by atoms with Gasteiger partial charge in [-0.05, 0) is 66.1 Å². The summed E-state index contributed by atoms with van der Waals surface area (Å²) < 4.78 is 0. The van der Waals surface area contributed by atoms with E-state index in [1.807, 2.05) is 42.5 Å². The predicted octanol–water partition coefficient (Wildman–Crippen LogP) is 4.75. The maximum atomic E-state index is 13.3. The van der Waals surface area contributed by atoms with Crippen molar-refractivity contribution in [2.75, 3.05) is 6.54 Å². The van der Waals surface area contributed by atoms with Gasteiger partial charge in [0, 0.05) is 13.0 Å². The first-order valence-corrected chi connectivity index (χ1v) is 13.2. The molecule has 192 valence electrons. The maximum Gasteiger partial charge on any atom is 0.256 e. The average Bonchev–Trinajstić information content (AvgIpc) is 3.76. The molecule has 0 bridgehead atoms. The molecule has 1 aliphatic carbocycles. The summed E-state index contributed by atoms with van der Waals surface area (Å²) in [7, 11) is 0. The van der Waals surface area contributed by atoms with Crippen LogP contribution in [0.4, 0.5) is 0 Å². The Labute approximate surface area is 222 Å². The van der Waals surface area contributed by atoms with E-state index in [0.717, 1.165) is 35.5 Å². The van der Waals surface area contributed by atoms with E-state index in [0.29, 0.717) is 24.1 Å². The zero-order chi connectivity index (χ0) is 26.4. The highest BCUT2D eigenvalue weighted by Crippen LogP contribution is 2.52. The van der Waals surface area contributed by atoms with Crippen LogP contribution in [-0.2, 0) is 23.2 Å². The Morgan fingerprint density at radius 3 is 2.47 bits per heavy atom. The number of nitrogens with one attached hydrogen (secondary N) is 1. The van der Waals surface area contributed by atoms with Crippen LogP contribution in [0, 0.1) is 13.8 Å². The van der Waals surface area contributed by atoms with Gasteiger partial charge in [-0.3, -0.25) is 9.59 Å². The molecule has 0 spiro atoms. The molecule has 38 heavy (non-hydrogen) atoms. The fourth-order valence-electron chi connectivity index (χ4n) is 5.51. The van der Waals surface area contributed by atoms with Crippen LogP contribution in [0.1, 0.15) is 58.3 Å². The van der Waals surface area contributed by atoms with Gasteiger partial charge in [0.05, 0.1) is 23.2 Å². The largest absolute Gasteiger partial charge is 0.378 e. The standard InChI is InChI=1S/C32H31N3O3/c1-20-11-12-23(17-21(20)2)22-7-6-8-24(18-22)28(36)30(38)35-16-13-27-26(19-35)29(37)34-31(33-27)32(14-15-32)25-9-4-3-5-10-25/h3-12,17-18,28,36H,13-16,19H2,1-2H3,(H,33,34,37)/t28-/m1/s1. The molecule has 1 aromatic heterocycles. The molecule has 1 fully saturated rings. The lowest BCUT2D eigenvalue weighted by Gasteiger charge is -2.30. The summed E-state index contributed by atoms with van der Waals surface area (Å²) in [4.78, 5) is 36.0. The molecule has 1 atom stereocenters. The molecular formula is C32H31N3O3. The second-order valence-corrected chi connectivity index (χ2v) is 10.6. The number of hydrogen-bond acceptors (Lipinski definition) is 4. The van der Waals surface area contributed by atoms with Crippen LogP contribution < -0.4 is 5.56 Å². The number of H-pyrrole nitrogens is 1. The molecule has 0 saturated heterocycles. The fraction of sp³-hybridized carbons (Fsp3) is 0.281. The smallest absolute Gasteiger partial charge is 0.256 e. The van der Waals surface area contributed by atoms with Crippen molar-refractivity contribution >= 4 is 5.91 Å². The van der Waals surface area contributed by atoms with Crippen LogP contribution in [0.2, 0.25) is 0 Å². The number of benzene rings is 3. The third-order valence-corrected chi connectivity index (χ3v) is 8.19. The van der Waals surface area contributed by atoms with E-state index in [9.17, 15) is 14.7 Å². The first kappa shape index (κ1) is 24.3. The summed E-state index contributed by atoms with van der Waals surface area (Å²) in [6, 6.07) is 23.9. The Balaban J connectivity index is 1.22. The lowest BCUT2D eigenvalue weighted by molar-refractivity contribution is -0.141. The molecule has 2 aliphatic rings. The van der Waals surface area contributed by atoms with Crippen LogP contribution in [0.3, 0.4) is 0 Å². The first-order chi connectivity index (χ1) is 18.4.